The van der Waals surface area contributed by atoms with Crippen molar-refractivity contribution in [3.63, 3.8) is 0 Å². The lowest BCUT2D eigenvalue weighted by molar-refractivity contribution is 0.00638. The van der Waals surface area contributed by atoms with Crippen LogP contribution in [0.5, 0.6) is 0 Å². The van der Waals surface area contributed by atoms with Crippen LogP contribution in [0.4, 0.5) is 4.39 Å². The number of nitrogens with one attached hydrogen (secondary N) is 1. The molecule has 0 fully saturated rings. The van der Waals surface area contributed by atoms with Gasteiger partial charge in [-0.15, -0.1) is 0 Å². The molecule has 1 aromatic carbocycles. The maximum absolute atomic E-state index is 13.4. The van der Waals surface area contributed by atoms with Crippen molar-refractivity contribution < 1.29 is 17.9 Å². The molecule has 2 N–H and O–H groups in total. The Morgan fingerprint density at radius 2 is 1.79 bits per heavy atom. The average molecular weight is 354 g/mol. The van der Waals surface area contributed by atoms with E-state index in [0.717, 1.165) is 6.07 Å². The summed E-state index contributed by atoms with van der Waals surface area (Å²) in [6.45, 7) is 6.11. The fraction of sp³-hybridized carbons (Fsp3) is 0.500. The predicted molar refractivity (Wildman–Crippen MR) is 74.8 cm³/mol. The van der Waals surface area contributed by atoms with Crippen LogP contribution >= 0.6 is 15.9 Å². The monoisotopic (exact) mass is 353 g/mol. The van der Waals surface area contributed by atoms with E-state index in [1.54, 1.807) is 13.8 Å². The van der Waals surface area contributed by atoms with Crippen LogP contribution in [0, 0.1) is 5.82 Å². The van der Waals surface area contributed by atoms with Crippen LogP contribution in [-0.2, 0) is 10.0 Å². The maximum atomic E-state index is 13.4. The first-order valence-corrected chi connectivity index (χ1v) is 7.86. The van der Waals surface area contributed by atoms with Gasteiger partial charge in [-0.05, 0) is 61.8 Å². The minimum atomic E-state index is -3.91. The molecule has 0 spiro atoms. The number of hydrogen-bond acceptors (Lipinski definition) is 3. The number of rotatable bonds is 4. The SMILES string of the molecule is CC(C)(O)C(C)(C)NS(=O)(=O)c1ccc(Br)c(F)c1. The predicted octanol–water partition coefficient (Wildman–Crippen LogP) is 2.42. The highest BCUT2D eigenvalue weighted by Crippen LogP contribution is 2.25. The summed E-state index contributed by atoms with van der Waals surface area (Å²) in [5.74, 6) is -0.663. The van der Waals surface area contributed by atoms with Crippen molar-refractivity contribution in [2.75, 3.05) is 0 Å². The van der Waals surface area contributed by atoms with E-state index >= 15 is 0 Å². The van der Waals surface area contributed by atoms with Gasteiger partial charge in [-0.2, -0.15) is 0 Å². The zero-order valence-corrected chi connectivity index (χ0v) is 13.6. The van der Waals surface area contributed by atoms with Gasteiger partial charge in [0.2, 0.25) is 10.0 Å². The molecule has 1 rings (SSSR count). The number of halogens is 2. The van der Waals surface area contributed by atoms with E-state index in [0.29, 0.717) is 0 Å². The normalized spacial score (nSPS) is 13.6. The molecule has 0 saturated heterocycles. The van der Waals surface area contributed by atoms with Crippen LogP contribution in [-0.4, -0.2) is 24.7 Å². The van der Waals surface area contributed by atoms with E-state index in [2.05, 4.69) is 20.7 Å². The molecular weight excluding hydrogens is 337 g/mol. The third-order valence-corrected chi connectivity index (χ3v) is 5.42. The number of benzene rings is 1. The molecule has 108 valence electrons. The van der Waals surface area contributed by atoms with Crippen LogP contribution in [0.3, 0.4) is 0 Å². The van der Waals surface area contributed by atoms with E-state index in [1.807, 2.05) is 0 Å². The quantitative estimate of drug-likeness (QED) is 0.873. The van der Waals surface area contributed by atoms with Gasteiger partial charge in [0.15, 0.2) is 0 Å². The molecule has 0 aromatic heterocycles. The summed E-state index contributed by atoms with van der Waals surface area (Å²) in [6, 6.07) is 3.53. The van der Waals surface area contributed by atoms with E-state index < -0.39 is 27.0 Å². The molecule has 0 bridgehead atoms. The van der Waals surface area contributed by atoms with Crippen molar-refractivity contribution in [1.29, 1.82) is 0 Å². The largest absolute Gasteiger partial charge is 0.389 e. The lowest BCUT2D eigenvalue weighted by Gasteiger charge is -2.37. The molecule has 0 aliphatic carbocycles. The molecule has 0 radical (unpaired) electrons. The molecule has 0 amide bonds. The average Bonchev–Trinajstić information content (AvgIpc) is 2.18. The van der Waals surface area contributed by atoms with Crippen LogP contribution in [0.1, 0.15) is 27.7 Å². The first kappa shape index (κ1) is 16.6. The zero-order valence-electron chi connectivity index (χ0n) is 11.2. The topological polar surface area (TPSA) is 66.4 Å². The van der Waals surface area contributed by atoms with Gasteiger partial charge in [0.25, 0.3) is 0 Å². The van der Waals surface area contributed by atoms with Gasteiger partial charge in [-0.3, -0.25) is 0 Å². The van der Waals surface area contributed by atoms with Gasteiger partial charge in [0, 0.05) is 0 Å². The molecular formula is C12H17BrFNO3S. The molecule has 19 heavy (non-hydrogen) atoms. The Morgan fingerprint density at radius 3 is 2.21 bits per heavy atom. The second kappa shape index (κ2) is 5.12. The van der Waals surface area contributed by atoms with Crippen LogP contribution in [0.2, 0.25) is 0 Å². The first-order valence-electron chi connectivity index (χ1n) is 5.58. The van der Waals surface area contributed by atoms with Gasteiger partial charge in [-0.25, -0.2) is 17.5 Å². The molecule has 0 aliphatic heterocycles. The Balaban J connectivity index is 3.16. The molecule has 1 aromatic rings. The summed E-state index contributed by atoms with van der Waals surface area (Å²) < 4.78 is 40.3. The number of aliphatic hydroxyl groups is 1. The van der Waals surface area contributed by atoms with Crippen LogP contribution in [0.15, 0.2) is 27.6 Å². The lowest BCUT2D eigenvalue weighted by Crippen LogP contribution is -2.57. The third kappa shape index (κ3) is 3.75. The van der Waals surface area contributed by atoms with Crippen molar-refractivity contribution in [3.05, 3.63) is 28.5 Å². The third-order valence-electron chi connectivity index (χ3n) is 3.12. The highest BCUT2D eigenvalue weighted by Gasteiger charge is 2.38. The Morgan fingerprint density at radius 1 is 1.26 bits per heavy atom. The molecule has 0 saturated carbocycles. The second-order valence-electron chi connectivity index (χ2n) is 5.37. The van der Waals surface area contributed by atoms with E-state index in [4.69, 9.17) is 0 Å². The lowest BCUT2D eigenvalue weighted by atomic mass is 9.87. The van der Waals surface area contributed by atoms with E-state index in [1.165, 1.54) is 26.0 Å². The summed E-state index contributed by atoms with van der Waals surface area (Å²) in [5.41, 5.74) is -2.37. The van der Waals surface area contributed by atoms with Gasteiger partial charge >= 0.3 is 0 Å². The minimum Gasteiger partial charge on any atom is -0.389 e. The summed E-state index contributed by atoms with van der Waals surface area (Å²) >= 11 is 2.96. The molecule has 0 atom stereocenters. The van der Waals surface area contributed by atoms with Crippen LogP contribution < -0.4 is 4.72 Å². The highest BCUT2D eigenvalue weighted by molar-refractivity contribution is 9.10. The zero-order chi connectivity index (χ0) is 15.1. The molecule has 0 aliphatic rings. The van der Waals surface area contributed by atoms with E-state index in [9.17, 15) is 17.9 Å². The van der Waals surface area contributed by atoms with Crippen molar-refractivity contribution in [3.8, 4) is 0 Å². The standard InChI is InChI=1S/C12H17BrFNO3S/c1-11(2,12(3,4)16)15-19(17,18)8-5-6-9(13)10(14)7-8/h5-7,15-16H,1-4H3. The Hall–Kier alpha value is -0.500. The van der Waals surface area contributed by atoms with Gasteiger partial charge in [-0.1, -0.05) is 0 Å². The molecule has 4 nitrogen and oxygen atoms in total. The molecule has 0 heterocycles. The van der Waals surface area contributed by atoms with Crippen molar-refractivity contribution >= 4 is 26.0 Å². The van der Waals surface area contributed by atoms with Gasteiger partial charge < -0.3 is 5.11 Å². The molecule has 0 unspecified atom stereocenters. The Kier molecular flexibility index (Phi) is 4.46. The maximum Gasteiger partial charge on any atom is 0.241 e. The van der Waals surface area contributed by atoms with Crippen molar-refractivity contribution in [2.45, 2.75) is 43.7 Å². The summed E-state index contributed by atoms with van der Waals surface area (Å²) in [5, 5.41) is 9.95. The summed E-state index contributed by atoms with van der Waals surface area (Å²) in [7, 11) is -3.91. The Bertz CT molecular complexity index is 579. The minimum absolute atomic E-state index is 0.188. The summed E-state index contributed by atoms with van der Waals surface area (Å²) in [6.07, 6.45) is 0. The van der Waals surface area contributed by atoms with Crippen LogP contribution in [0.25, 0.3) is 0 Å². The first-order chi connectivity index (χ1) is 8.37. The fourth-order valence-corrected chi connectivity index (χ4v) is 2.96. The van der Waals surface area contributed by atoms with Crippen molar-refractivity contribution in [2.24, 2.45) is 0 Å². The highest BCUT2D eigenvalue weighted by atomic mass is 79.9. The number of hydrogen-bond donors (Lipinski definition) is 2. The van der Waals surface area contributed by atoms with Gasteiger partial charge in [0.1, 0.15) is 5.82 Å². The molecule has 7 heteroatoms. The van der Waals surface area contributed by atoms with Crippen molar-refractivity contribution in [1.82, 2.24) is 4.72 Å². The van der Waals surface area contributed by atoms with E-state index in [-0.39, 0.29) is 9.37 Å². The number of sulfonamides is 1. The fourth-order valence-electron chi connectivity index (χ4n) is 1.16. The summed E-state index contributed by atoms with van der Waals surface area (Å²) in [4.78, 5) is -0.189. The second-order valence-corrected chi connectivity index (χ2v) is 7.90. The Labute approximate surface area is 121 Å². The van der Waals surface area contributed by atoms with Gasteiger partial charge in [0.05, 0.1) is 20.5 Å². The smallest absolute Gasteiger partial charge is 0.241 e.